The van der Waals surface area contributed by atoms with E-state index in [-0.39, 0.29) is 5.41 Å². The Labute approximate surface area is 112 Å². The van der Waals surface area contributed by atoms with Gasteiger partial charge in [-0.15, -0.1) is 0 Å². The molecule has 2 atom stereocenters. The predicted molar refractivity (Wildman–Crippen MR) is 81.2 cm³/mol. The van der Waals surface area contributed by atoms with E-state index in [4.69, 9.17) is 0 Å². The molecule has 0 aliphatic heterocycles. The van der Waals surface area contributed by atoms with Crippen LogP contribution in [0.5, 0.6) is 0 Å². The largest absolute Gasteiger partial charge is 0.371 e. The maximum atomic E-state index is 3.33. The van der Waals surface area contributed by atoms with Crippen LogP contribution in [0.3, 0.4) is 0 Å². The minimum absolute atomic E-state index is 0.269. The van der Waals surface area contributed by atoms with Crippen LogP contribution in [0.2, 0.25) is 0 Å². The fourth-order valence-electron chi connectivity index (χ4n) is 2.12. The first kappa shape index (κ1) is 15.0. The SMILES string of the molecule is CNC(C)c1ccccc1N(C)C(C)C(C)(C)C. The summed E-state index contributed by atoms with van der Waals surface area (Å²) in [4.78, 5) is 2.39. The number of nitrogens with zero attached hydrogens (tertiary/aromatic N) is 1. The summed E-state index contributed by atoms with van der Waals surface area (Å²) in [7, 11) is 4.20. The molecule has 2 unspecified atom stereocenters. The van der Waals surface area contributed by atoms with E-state index in [9.17, 15) is 0 Å². The number of anilines is 1. The third kappa shape index (κ3) is 3.26. The van der Waals surface area contributed by atoms with Crippen LogP contribution in [0.4, 0.5) is 5.69 Å². The molecular formula is C16H28N2. The average Bonchev–Trinajstić information content (AvgIpc) is 2.35. The Hall–Kier alpha value is -1.02. The van der Waals surface area contributed by atoms with E-state index in [1.54, 1.807) is 0 Å². The van der Waals surface area contributed by atoms with E-state index in [2.05, 4.69) is 76.1 Å². The summed E-state index contributed by atoms with van der Waals surface area (Å²) in [5.74, 6) is 0. The molecule has 0 saturated heterocycles. The summed E-state index contributed by atoms with van der Waals surface area (Å²) in [6, 6.07) is 9.52. The number of hydrogen-bond acceptors (Lipinski definition) is 2. The smallest absolute Gasteiger partial charge is 0.0414 e. The van der Waals surface area contributed by atoms with E-state index < -0.39 is 0 Å². The fourth-order valence-corrected chi connectivity index (χ4v) is 2.12. The van der Waals surface area contributed by atoms with Gasteiger partial charge < -0.3 is 10.2 Å². The monoisotopic (exact) mass is 248 g/mol. The number of para-hydroxylation sites is 1. The Morgan fingerprint density at radius 2 is 1.67 bits per heavy atom. The molecule has 1 aromatic carbocycles. The summed E-state index contributed by atoms with van der Waals surface area (Å²) in [5.41, 5.74) is 2.95. The van der Waals surface area contributed by atoms with Crippen molar-refractivity contribution in [1.82, 2.24) is 5.32 Å². The second-order valence-corrected chi connectivity index (χ2v) is 6.22. The van der Waals surface area contributed by atoms with Gasteiger partial charge in [0.25, 0.3) is 0 Å². The van der Waals surface area contributed by atoms with Crippen LogP contribution in [0.15, 0.2) is 24.3 Å². The normalized spacial score (nSPS) is 15.3. The van der Waals surface area contributed by atoms with Crippen molar-refractivity contribution in [3.8, 4) is 0 Å². The highest BCUT2D eigenvalue weighted by molar-refractivity contribution is 5.55. The van der Waals surface area contributed by atoms with Crippen molar-refractivity contribution in [2.45, 2.75) is 46.7 Å². The third-order valence-corrected chi connectivity index (χ3v) is 4.05. The lowest BCUT2D eigenvalue weighted by Gasteiger charge is -2.38. The highest BCUT2D eigenvalue weighted by Crippen LogP contribution is 2.31. The second kappa shape index (κ2) is 5.75. The molecule has 2 nitrogen and oxygen atoms in total. The van der Waals surface area contributed by atoms with Gasteiger partial charge in [-0.2, -0.15) is 0 Å². The second-order valence-electron chi connectivity index (χ2n) is 6.22. The first-order valence-corrected chi connectivity index (χ1v) is 6.78. The highest BCUT2D eigenvalue weighted by Gasteiger charge is 2.25. The number of rotatable bonds is 4. The van der Waals surface area contributed by atoms with Crippen LogP contribution in [-0.4, -0.2) is 20.1 Å². The molecule has 0 radical (unpaired) electrons. The Morgan fingerprint density at radius 1 is 1.11 bits per heavy atom. The lowest BCUT2D eigenvalue weighted by atomic mass is 9.86. The van der Waals surface area contributed by atoms with Gasteiger partial charge in [0, 0.05) is 24.8 Å². The van der Waals surface area contributed by atoms with Crippen molar-refractivity contribution in [2.75, 3.05) is 19.0 Å². The topological polar surface area (TPSA) is 15.3 Å². The molecular weight excluding hydrogens is 220 g/mol. The van der Waals surface area contributed by atoms with Gasteiger partial charge in [0.2, 0.25) is 0 Å². The van der Waals surface area contributed by atoms with E-state index in [0.29, 0.717) is 12.1 Å². The molecule has 0 spiro atoms. The van der Waals surface area contributed by atoms with E-state index >= 15 is 0 Å². The number of nitrogens with one attached hydrogen (secondary N) is 1. The molecule has 1 rings (SSSR count). The van der Waals surface area contributed by atoms with Gasteiger partial charge in [-0.05, 0) is 37.9 Å². The number of hydrogen-bond donors (Lipinski definition) is 1. The van der Waals surface area contributed by atoms with Crippen LogP contribution < -0.4 is 10.2 Å². The Bertz CT molecular complexity index is 379. The van der Waals surface area contributed by atoms with Gasteiger partial charge in [0.15, 0.2) is 0 Å². The van der Waals surface area contributed by atoms with Gasteiger partial charge in [-0.1, -0.05) is 39.0 Å². The Morgan fingerprint density at radius 3 is 2.17 bits per heavy atom. The molecule has 0 aliphatic carbocycles. The maximum Gasteiger partial charge on any atom is 0.0414 e. The Kier molecular flexibility index (Phi) is 4.80. The lowest BCUT2D eigenvalue weighted by molar-refractivity contribution is 0.329. The highest BCUT2D eigenvalue weighted by atomic mass is 15.1. The molecule has 0 bridgehead atoms. The summed E-state index contributed by atoms with van der Waals surface area (Å²) >= 11 is 0. The maximum absolute atomic E-state index is 3.33. The summed E-state index contributed by atoms with van der Waals surface area (Å²) in [6.45, 7) is 11.4. The predicted octanol–water partition coefficient (Wildman–Crippen LogP) is 3.84. The zero-order chi connectivity index (χ0) is 13.9. The van der Waals surface area contributed by atoms with Crippen molar-refractivity contribution in [2.24, 2.45) is 5.41 Å². The molecule has 0 aliphatic rings. The molecule has 0 saturated carbocycles. The van der Waals surface area contributed by atoms with Crippen molar-refractivity contribution < 1.29 is 0 Å². The molecule has 0 aromatic heterocycles. The van der Waals surface area contributed by atoms with Crippen LogP contribution in [0.1, 0.15) is 46.2 Å². The first-order chi connectivity index (χ1) is 8.29. The van der Waals surface area contributed by atoms with E-state index in [1.807, 2.05) is 7.05 Å². The molecule has 0 heterocycles. The average molecular weight is 248 g/mol. The quantitative estimate of drug-likeness (QED) is 0.871. The Balaban J connectivity index is 3.09. The lowest BCUT2D eigenvalue weighted by Crippen LogP contribution is -2.40. The van der Waals surface area contributed by atoms with Gasteiger partial charge >= 0.3 is 0 Å². The molecule has 102 valence electrons. The van der Waals surface area contributed by atoms with E-state index in [1.165, 1.54) is 11.3 Å². The van der Waals surface area contributed by atoms with Crippen molar-refractivity contribution in [3.05, 3.63) is 29.8 Å². The zero-order valence-electron chi connectivity index (χ0n) is 12.9. The third-order valence-electron chi connectivity index (χ3n) is 4.05. The standard InChI is InChI=1S/C16H28N2/c1-12(17-6)14-10-8-9-11-15(14)18(7)13(2)16(3,4)5/h8-13,17H,1-7H3. The molecule has 0 fully saturated rings. The molecule has 1 aromatic rings. The summed E-state index contributed by atoms with van der Waals surface area (Å²) in [5, 5.41) is 3.33. The van der Waals surface area contributed by atoms with Gasteiger partial charge in [-0.3, -0.25) is 0 Å². The van der Waals surface area contributed by atoms with Gasteiger partial charge in [0.05, 0.1) is 0 Å². The minimum atomic E-state index is 0.269. The zero-order valence-corrected chi connectivity index (χ0v) is 12.9. The number of benzene rings is 1. The summed E-state index contributed by atoms with van der Waals surface area (Å²) < 4.78 is 0. The molecule has 0 amide bonds. The van der Waals surface area contributed by atoms with Gasteiger partial charge in [0.1, 0.15) is 0 Å². The summed E-state index contributed by atoms with van der Waals surface area (Å²) in [6.07, 6.45) is 0. The van der Waals surface area contributed by atoms with Crippen LogP contribution in [-0.2, 0) is 0 Å². The molecule has 2 heteroatoms. The van der Waals surface area contributed by atoms with Crippen molar-refractivity contribution in [1.29, 1.82) is 0 Å². The van der Waals surface area contributed by atoms with Crippen molar-refractivity contribution in [3.63, 3.8) is 0 Å². The van der Waals surface area contributed by atoms with Crippen molar-refractivity contribution >= 4 is 5.69 Å². The molecule has 1 N–H and O–H groups in total. The fraction of sp³-hybridized carbons (Fsp3) is 0.625. The minimum Gasteiger partial charge on any atom is -0.371 e. The van der Waals surface area contributed by atoms with Crippen LogP contribution in [0.25, 0.3) is 0 Å². The van der Waals surface area contributed by atoms with Crippen LogP contribution in [0, 0.1) is 5.41 Å². The first-order valence-electron chi connectivity index (χ1n) is 6.78. The molecule has 18 heavy (non-hydrogen) atoms. The van der Waals surface area contributed by atoms with Crippen LogP contribution >= 0.6 is 0 Å². The van der Waals surface area contributed by atoms with E-state index in [0.717, 1.165) is 0 Å². The van der Waals surface area contributed by atoms with Gasteiger partial charge in [-0.25, -0.2) is 0 Å².